The summed E-state index contributed by atoms with van der Waals surface area (Å²) in [7, 11) is 1.58. The maximum Gasteiger partial charge on any atom is 0.338 e. The van der Waals surface area contributed by atoms with Crippen molar-refractivity contribution in [3.05, 3.63) is 52.7 Å². The van der Waals surface area contributed by atoms with Crippen molar-refractivity contribution < 1.29 is 14.6 Å². The second-order valence-electron chi connectivity index (χ2n) is 3.91. The zero-order chi connectivity index (χ0) is 14.5. The van der Waals surface area contributed by atoms with Crippen LogP contribution in [0.5, 0.6) is 5.75 Å². The molecule has 1 aromatic carbocycles. The number of benzene rings is 1. The molecule has 1 aromatic heterocycles. The highest BCUT2D eigenvalue weighted by molar-refractivity contribution is 7.98. The minimum atomic E-state index is -0.987. The van der Waals surface area contributed by atoms with Crippen LogP contribution in [-0.2, 0) is 5.75 Å². The molecule has 0 unspecified atom stereocenters. The molecule has 2 aromatic rings. The molecule has 0 saturated carbocycles. The third-order valence-corrected chi connectivity index (χ3v) is 3.90. The maximum absolute atomic E-state index is 11.1. The molecule has 0 aliphatic heterocycles. The lowest BCUT2D eigenvalue weighted by molar-refractivity contribution is 0.0692. The third-order valence-electron chi connectivity index (χ3n) is 2.61. The number of methoxy groups -OCH3 is 1. The average molecular weight is 310 g/mol. The van der Waals surface area contributed by atoms with E-state index in [9.17, 15) is 4.79 Å². The highest BCUT2D eigenvalue weighted by atomic mass is 35.5. The van der Waals surface area contributed by atoms with Gasteiger partial charge >= 0.3 is 5.97 Å². The number of nitrogens with zero attached hydrogens (tertiary/aromatic N) is 1. The zero-order valence-corrected chi connectivity index (χ0v) is 12.2. The summed E-state index contributed by atoms with van der Waals surface area (Å²) in [6.07, 6.45) is 1.57. The van der Waals surface area contributed by atoms with Crippen molar-refractivity contribution >= 4 is 29.3 Å². The van der Waals surface area contributed by atoms with E-state index in [1.807, 2.05) is 0 Å². The van der Waals surface area contributed by atoms with Crippen molar-refractivity contribution in [3.8, 4) is 5.75 Å². The Balaban J connectivity index is 2.21. The van der Waals surface area contributed by atoms with E-state index in [0.717, 1.165) is 11.3 Å². The normalized spacial score (nSPS) is 10.3. The standard InChI is InChI=1S/C14H12ClNO3S/c1-19-12-5-4-10(15)7-9(12)8-20-13-11(14(17)18)3-2-6-16-13/h2-7H,8H2,1H3,(H,17,18). The van der Waals surface area contributed by atoms with Gasteiger partial charge in [-0.05, 0) is 30.3 Å². The largest absolute Gasteiger partial charge is 0.496 e. The van der Waals surface area contributed by atoms with Crippen LogP contribution in [0.15, 0.2) is 41.6 Å². The van der Waals surface area contributed by atoms with Crippen LogP contribution in [-0.4, -0.2) is 23.2 Å². The smallest absolute Gasteiger partial charge is 0.338 e. The Morgan fingerprint density at radius 3 is 2.95 bits per heavy atom. The summed E-state index contributed by atoms with van der Waals surface area (Å²) in [6.45, 7) is 0. The highest BCUT2D eigenvalue weighted by Gasteiger charge is 2.12. The quantitative estimate of drug-likeness (QED) is 0.853. The lowest BCUT2D eigenvalue weighted by atomic mass is 10.2. The number of hydrogen-bond acceptors (Lipinski definition) is 4. The Labute approximate surface area is 125 Å². The van der Waals surface area contributed by atoms with Gasteiger partial charge in [0.2, 0.25) is 0 Å². The zero-order valence-electron chi connectivity index (χ0n) is 10.7. The monoisotopic (exact) mass is 309 g/mol. The second kappa shape index (κ2) is 6.63. The molecule has 20 heavy (non-hydrogen) atoms. The lowest BCUT2D eigenvalue weighted by Crippen LogP contribution is -2.00. The first-order valence-electron chi connectivity index (χ1n) is 5.75. The van der Waals surface area contributed by atoms with Gasteiger partial charge in [0.15, 0.2) is 0 Å². The van der Waals surface area contributed by atoms with Gasteiger partial charge in [-0.2, -0.15) is 0 Å². The molecule has 1 heterocycles. The minimum Gasteiger partial charge on any atom is -0.496 e. The molecule has 0 atom stereocenters. The number of pyridine rings is 1. The summed E-state index contributed by atoms with van der Waals surface area (Å²) in [5.74, 6) is 0.259. The van der Waals surface area contributed by atoms with Gasteiger partial charge in [-0.1, -0.05) is 11.6 Å². The van der Waals surface area contributed by atoms with E-state index in [1.54, 1.807) is 37.6 Å². The average Bonchev–Trinajstić information content (AvgIpc) is 2.45. The fraction of sp³-hybridized carbons (Fsp3) is 0.143. The topological polar surface area (TPSA) is 59.4 Å². The van der Waals surface area contributed by atoms with E-state index in [1.165, 1.54) is 17.8 Å². The number of rotatable bonds is 5. The predicted octanol–water partition coefficient (Wildman–Crippen LogP) is 3.73. The number of carboxylic acids is 1. The number of carboxylic acid groups (broad SMARTS) is 1. The Bertz CT molecular complexity index is 634. The summed E-state index contributed by atoms with van der Waals surface area (Å²) in [5.41, 5.74) is 1.09. The maximum atomic E-state index is 11.1. The molecule has 0 bridgehead atoms. The molecule has 2 rings (SSSR count). The minimum absolute atomic E-state index is 0.193. The fourth-order valence-electron chi connectivity index (χ4n) is 1.67. The van der Waals surface area contributed by atoms with Crippen molar-refractivity contribution in [2.45, 2.75) is 10.8 Å². The first-order chi connectivity index (χ1) is 9.61. The van der Waals surface area contributed by atoms with Gasteiger partial charge in [0.05, 0.1) is 12.7 Å². The van der Waals surface area contributed by atoms with Crippen LogP contribution >= 0.6 is 23.4 Å². The van der Waals surface area contributed by atoms with Gasteiger partial charge in [0, 0.05) is 22.5 Å². The lowest BCUT2D eigenvalue weighted by Gasteiger charge is -2.09. The first-order valence-corrected chi connectivity index (χ1v) is 7.11. The number of aromatic carboxylic acids is 1. The molecular formula is C14H12ClNO3S. The number of thioether (sulfide) groups is 1. The number of aromatic nitrogens is 1. The molecular weight excluding hydrogens is 298 g/mol. The number of hydrogen-bond donors (Lipinski definition) is 1. The SMILES string of the molecule is COc1ccc(Cl)cc1CSc1ncccc1C(=O)O. The van der Waals surface area contributed by atoms with E-state index in [-0.39, 0.29) is 5.56 Å². The molecule has 0 radical (unpaired) electrons. The molecule has 104 valence electrons. The van der Waals surface area contributed by atoms with E-state index in [4.69, 9.17) is 21.4 Å². The fourth-order valence-corrected chi connectivity index (χ4v) is 2.83. The van der Waals surface area contributed by atoms with E-state index < -0.39 is 5.97 Å². The van der Waals surface area contributed by atoms with E-state index in [0.29, 0.717) is 15.8 Å². The molecule has 0 aliphatic carbocycles. The highest BCUT2D eigenvalue weighted by Crippen LogP contribution is 2.30. The van der Waals surface area contributed by atoms with Crippen LogP contribution < -0.4 is 4.74 Å². The summed E-state index contributed by atoms with van der Waals surface area (Å²) in [4.78, 5) is 15.2. The van der Waals surface area contributed by atoms with Crippen LogP contribution in [0.3, 0.4) is 0 Å². The van der Waals surface area contributed by atoms with Gasteiger partial charge in [-0.15, -0.1) is 11.8 Å². The Morgan fingerprint density at radius 1 is 1.45 bits per heavy atom. The van der Waals surface area contributed by atoms with Crippen LogP contribution in [0.2, 0.25) is 5.02 Å². The van der Waals surface area contributed by atoms with Crippen LogP contribution in [0.25, 0.3) is 0 Å². The van der Waals surface area contributed by atoms with Crippen molar-refractivity contribution in [2.75, 3.05) is 7.11 Å². The Morgan fingerprint density at radius 2 is 2.25 bits per heavy atom. The Hall–Kier alpha value is -1.72. The number of halogens is 1. The van der Waals surface area contributed by atoms with E-state index >= 15 is 0 Å². The number of ether oxygens (including phenoxy) is 1. The van der Waals surface area contributed by atoms with Crippen molar-refractivity contribution in [1.29, 1.82) is 0 Å². The molecule has 6 heteroatoms. The van der Waals surface area contributed by atoms with Gasteiger partial charge in [-0.3, -0.25) is 0 Å². The second-order valence-corrected chi connectivity index (χ2v) is 5.31. The van der Waals surface area contributed by atoms with E-state index in [2.05, 4.69) is 4.98 Å². The Kier molecular flexibility index (Phi) is 4.87. The molecule has 0 amide bonds. The van der Waals surface area contributed by atoms with Gasteiger partial charge in [0.1, 0.15) is 10.8 Å². The summed E-state index contributed by atoms with van der Waals surface area (Å²) >= 11 is 7.30. The number of carbonyl (C=O) groups is 1. The predicted molar refractivity (Wildman–Crippen MR) is 78.8 cm³/mol. The molecule has 4 nitrogen and oxygen atoms in total. The van der Waals surface area contributed by atoms with Gasteiger partial charge in [0.25, 0.3) is 0 Å². The van der Waals surface area contributed by atoms with Crippen molar-refractivity contribution in [3.63, 3.8) is 0 Å². The van der Waals surface area contributed by atoms with Gasteiger partial charge in [-0.25, -0.2) is 9.78 Å². The van der Waals surface area contributed by atoms with Crippen LogP contribution in [0.4, 0.5) is 0 Å². The van der Waals surface area contributed by atoms with Crippen molar-refractivity contribution in [1.82, 2.24) is 4.98 Å². The van der Waals surface area contributed by atoms with Crippen LogP contribution in [0.1, 0.15) is 15.9 Å². The summed E-state index contributed by atoms with van der Waals surface area (Å²) < 4.78 is 5.26. The van der Waals surface area contributed by atoms with Crippen LogP contribution in [0, 0.1) is 0 Å². The molecule has 0 aliphatic rings. The molecule has 0 fully saturated rings. The molecule has 0 saturated heterocycles. The summed E-state index contributed by atoms with van der Waals surface area (Å²) in [5, 5.41) is 10.2. The third kappa shape index (κ3) is 3.43. The summed E-state index contributed by atoms with van der Waals surface area (Å²) in [6, 6.07) is 8.48. The van der Waals surface area contributed by atoms with Gasteiger partial charge < -0.3 is 9.84 Å². The molecule has 0 spiro atoms. The van der Waals surface area contributed by atoms with Crippen molar-refractivity contribution in [2.24, 2.45) is 0 Å². The molecule has 1 N–H and O–H groups in total. The first kappa shape index (κ1) is 14.7.